The maximum absolute atomic E-state index is 8.95. The number of thiophene rings is 1. The Kier molecular flexibility index (Phi) is 8.74. The highest BCUT2D eigenvalue weighted by molar-refractivity contribution is 7.16. The monoisotopic (exact) mass is 342 g/mol. The van der Waals surface area contributed by atoms with Gasteiger partial charge in [-0.2, -0.15) is 10.4 Å². The summed E-state index contributed by atoms with van der Waals surface area (Å²) in [5.74, 6) is 0.872. The van der Waals surface area contributed by atoms with Crippen LogP contribution in [0, 0.1) is 11.3 Å². The fourth-order valence-electron chi connectivity index (χ4n) is 2.03. The van der Waals surface area contributed by atoms with Crippen molar-refractivity contribution in [2.24, 2.45) is 4.99 Å². The van der Waals surface area contributed by atoms with Gasteiger partial charge in [-0.05, 0) is 25.5 Å². The van der Waals surface area contributed by atoms with Crippen LogP contribution in [0.4, 0.5) is 5.82 Å². The fraction of sp³-hybridized carbons (Fsp3) is 0.421. The van der Waals surface area contributed by atoms with Gasteiger partial charge in [0.25, 0.3) is 0 Å². The molecule has 0 radical (unpaired) electrons. The van der Waals surface area contributed by atoms with Crippen molar-refractivity contribution < 1.29 is 0 Å². The molecule has 0 spiro atoms. The topological polar surface area (TPSA) is 54.0 Å². The molecule has 24 heavy (non-hydrogen) atoms. The van der Waals surface area contributed by atoms with E-state index in [-0.39, 0.29) is 0 Å². The van der Waals surface area contributed by atoms with Gasteiger partial charge in [-0.3, -0.25) is 0 Å². The average Bonchev–Trinajstić information content (AvgIpc) is 3.23. The molecule has 0 aliphatic heterocycles. The van der Waals surface area contributed by atoms with E-state index < -0.39 is 0 Å². The minimum Gasteiger partial charge on any atom is -0.247 e. The molecule has 2 aromatic rings. The molecule has 0 aliphatic carbocycles. The van der Waals surface area contributed by atoms with Gasteiger partial charge in [-0.25, -0.2) is 9.67 Å². The van der Waals surface area contributed by atoms with E-state index in [1.165, 1.54) is 24.2 Å². The van der Waals surface area contributed by atoms with Crippen LogP contribution < -0.4 is 0 Å². The van der Waals surface area contributed by atoms with Crippen molar-refractivity contribution in [1.29, 1.82) is 5.26 Å². The number of rotatable bonds is 6. The van der Waals surface area contributed by atoms with E-state index in [0.29, 0.717) is 4.88 Å². The van der Waals surface area contributed by atoms with Crippen molar-refractivity contribution in [2.45, 2.75) is 53.5 Å². The Morgan fingerprint density at radius 2 is 2.00 bits per heavy atom. The number of hydrogen-bond acceptors (Lipinski definition) is 4. The highest BCUT2D eigenvalue weighted by Crippen LogP contribution is 2.35. The number of unbranched alkanes of at least 4 members (excludes halogenated alkanes) is 1. The van der Waals surface area contributed by atoms with Crippen LogP contribution in [0.2, 0.25) is 0 Å². The molecule has 128 valence electrons. The molecular weight excluding hydrogens is 316 g/mol. The molecule has 0 N–H and O–H groups in total. The summed E-state index contributed by atoms with van der Waals surface area (Å²) < 4.78 is 1.89. The van der Waals surface area contributed by atoms with Crippen molar-refractivity contribution in [1.82, 2.24) is 9.78 Å². The standard InChI is InChI=1S/C15H16N4S.C4H10/c1-4-9-17-15-12(5-2)14(18-19(15)6-3)13-8-7-11(10-16)20-13;1-3-4-2/h4,7-9H,1,5-6H2,2-3H3;3-4H2,1-2H3/b17-9-;. The Hall–Kier alpha value is -2.19. The van der Waals surface area contributed by atoms with Crippen molar-refractivity contribution in [3.63, 3.8) is 0 Å². The van der Waals surface area contributed by atoms with Crippen molar-refractivity contribution in [3.05, 3.63) is 35.2 Å². The number of nitriles is 1. The Labute approximate surface area is 149 Å². The van der Waals surface area contributed by atoms with Crippen LogP contribution >= 0.6 is 11.3 Å². The zero-order valence-corrected chi connectivity index (χ0v) is 15.9. The Balaban J connectivity index is 0.000000648. The summed E-state index contributed by atoms with van der Waals surface area (Å²) in [5.41, 5.74) is 2.04. The first-order valence-corrected chi connectivity index (χ1v) is 9.23. The van der Waals surface area contributed by atoms with E-state index in [9.17, 15) is 0 Å². The van der Waals surface area contributed by atoms with Gasteiger partial charge < -0.3 is 0 Å². The molecule has 0 saturated heterocycles. The van der Waals surface area contributed by atoms with Crippen LogP contribution in [0.5, 0.6) is 0 Å². The average molecular weight is 343 g/mol. The maximum atomic E-state index is 8.95. The van der Waals surface area contributed by atoms with E-state index in [2.05, 4.69) is 43.5 Å². The number of allylic oxidation sites excluding steroid dienone is 1. The third kappa shape index (κ3) is 4.90. The lowest BCUT2D eigenvalue weighted by Gasteiger charge is -2.00. The Morgan fingerprint density at radius 1 is 1.29 bits per heavy atom. The zero-order valence-electron chi connectivity index (χ0n) is 15.0. The predicted octanol–water partition coefficient (Wildman–Crippen LogP) is 5.76. The van der Waals surface area contributed by atoms with Crippen molar-refractivity contribution in [3.8, 4) is 16.6 Å². The highest BCUT2D eigenvalue weighted by atomic mass is 32.1. The molecule has 2 rings (SSSR count). The minimum atomic E-state index is 0.698. The molecule has 0 saturated carbocycles. The summed E-state index contributed by atoms with van der Waals surface area (Å²) >= 11 is 1.46. The van der Waals surface area contributed by atoms with Gasteiger partial charge in [-0.15, -0.1) is 11.3 Å². The first-order valence-electron chi connectivity index (χ1n) is 8.41. The molecule has 0 amide bonds. The maximum Gasteiger partial charge on any atom is 0.154 e. The second-order valence-electron chi connectivity index (χ2n) is 5.11. The van der Waals surface area contributed by atoms with Gasteiger partial charge in [-0.1, -0.05) is 46.3 Å². The molecule has 0 aliphatic rings. The van der Waals surface area contributed by atoms with Crippen molar-refractivity contribution >= 4 is 23.4 Å². The molecule has 0 aromatic carbocycles. The molecule has 4 nitrogen and oxygen atoms in total. The molecule has 0 fully saturated rings. The quantitative estimate of drug-likeness (QED) is 0.627. The summed E-state index contributed by atoms with van der Waals surface area (Å²) in [6, 6.07) is 5.95. The van der Waals surface area contributed by atoms with Crippen LogP contribution in [-0.4, -0.2) is 16.0 Å². The lowest BCUT2D eigenvalue weighted by molar-refractivity contribution is 0.666. The minimum absolute atomic E-state index is 0.698. The van der Waals surface area contributed by atoms with Gasteiger partial charge in [0.15, 0.2) is 5.82 Å². The highest BCUT2D eigenvalue weighted by Gasteiger charge is 2.17. The lowest BCUT2D eigenvalue weighted by atomic mass is 10.1. The summed E-state index contributed by atoms with van der Waals surface area (Å²) in [7, 11) is 0. The first kappa shape index (κ1) is 19.9. The Morgan fingerprint density at radius 3 is 2.46 bits per heavy atom. The molecule has 0 atom stereocenters. The van der Waals surface area contributed by atoms with Gasteiger partial charge in [0.05, 0.1) is 4.88 Å². The third-order valence-corrected chi connectivity index (χ3v) is 4.42. The first-order chi connectivity index (χ1) is 11.7. The molecular formula is C19H26N4S. The summed E-state index contributed by atoms with van der Waals surface area (Å²) in [6.45, 7) is 12.9. The second kappa shape index (κ2) is 10.6. The van der Waals surface area contributed by atoms with Gasteiger partial charge in [0, 0.05) is 18.3 Å². The zero-order chi connectivity index (χ0) is 17.9. The van der Waals surface area contributed by atoms with E-state index in [0.717, 1.165) is 34.9 Å². The van der Waals surface area contributed by atoms with Crippen LogP contribution in [0.15, 0.2) is 29.8 Å². The third-order valence-electron chi connectivity index (χ3n) is 3.43. The molecule has 0 bridgehead atoms. The number of aliphatic imine (C=N–C) groups is 1. The van der Waals surface area contributed by atoms with E-state index in [1.54, 1.807) is 12.3 Å². The lowest BCUT2D eigenvalue weighted by Crippen LogP contribution is -1.95. The van der Waals surface area contributed by atoms with Gasteiger partial charge in [0.2, 0.25) is 0 Å². The van der Waals surface area contributed by atoms with E-state index in [4.69, 9.17) is 5.26 Å². The smallest absolute Gasteiger partial charge is 0.154 e. The summed E-state index contributed by atoms with van der Waals surface area (Å²) in [6.07, 6.45) is 6.82. The SMILES string of the molecule is C=C/C=N\c1c(CC)c(-c2ccc(C#N)s2)nn1CC.CCCC. The van der Waals surface area contributed by atoms with Gasteiger partial charge >= 0.3 is 0 Å². The molecule has 5 heteroatoms. The summed E-state index contributed by atoms with van der Waals surface area (Å²) in [5, 5.41) is 13.6. The molecule has 2 heterocycles. The largest absolute Gasteiger partial charge is 0.247 e. The number of aryl methyl sites for hydroxylation is 1. The number of nitrogens with zero attached hydrogens (tertiary/aromatic N) is 4. The number of hydrogen-bond donors (Lipinski definition) is 0. The van der Waals surface area contributed by atoms with Crippen LogP contribution in [0.3, 0.4) is 0 Å². The summed E-state index contributed by atoms with van der Waals surface area (Å²) in [4.78, 5) is 6.15. The molecule has 0 unspecified atom stereocenters. The van der Waals surface area contributed by atoms with Gasteiger partial charge in [0.1, 0.15) is 16.6 Å². The van der Waals surface area contributed by atoms with Crippen LogP contribution in [0.1, 0.15) is 51.0 Å². The van der Waals surface area contributed by atoms with E-state index >= 15 is 0 Å². The second-order valence-corrected chi connectivity index (χ2v) is 6.19. The molecule has 2 aromatic heterocycles. The number of aromatic nitrogens is 2. The van der Waals surface area contributed by atoms with Crippen LogP contribution in [0.25, 0.3) is 10.6 Å². The fourth-order valence-corrected chi connectivity index (χ4v) is 2.84. The van der Waals surface area contributed by atoms with Crippen molar-refractivity contribution in [2.75, 3.05) is 0 Å². The van der Waals surface area contributed by atoms with E-state index in [1.807, 2.05) is 23.7 Å². The predicted molar refractivity (Wildman–Crippen MR) is 104 cm³/mol. The normalized spacial score (nSPS) is 10.3. The Bertz CT molecular complexity index is 714. The van der Waals surface area contributed by atoms with Crippen LogP contribution in [-0.2, 0) is 13.0 Å².